The Kier molecular flexibility index (Phi) is 11.3. The number of halogens is 11. The number of aryl methyl sites for hydroxylation is 1. The number of rotatable bonds is 4. The summed E-state index contributed by atoms with van der Waals surface area (Å²) in [6, 6.07) is 6.36. The lowest BCUT2D eigenvalue weighted by Crippen LogP contribution is -2.08. The molecule has 2 aromatic carbocycles. The molecule has 0 bridgehead atoms. The maximum atomic E-state index is 12.7. The maximum Gasteiger partial charge on any atom is 0.416 e. The van der Waals surface area contributed by atoms with Crippen molar-refractivity contribution in [2.24, 2.45) is 0 Å². The van der Waals surface area contributed by atoms with Crippen molar-refractivity contribution in [1.29, 1.82) is 0 Å². The Hall–Kier alpha value is -2.36. The minimum absolute atomic E-state index is 0. The first-order valence-corrected chi connectivity index (χ1v) is 13.5. The van der Waals surface area contributed by atoms with Crippen molar-refractivity contribution in [3.05, 3.63) is 79.0 Å². The van der Waals surface area contributed by atoms with Gasteiger partial charge in [0, 0.05) is 17.5 Å². The summed E-state index contributed by atoms with van der Waals surface area (Å²) in [5.74, 6) is 0.480. The fourth-order valence-corrected chi connectivity index (χ4v) is 4.92. The van der Waals surface area contributed by atoms with Gasteiger partial charge in [-0.3, -0.25) is 0 Å². The molecule has 0 saturated heterocycles. The Morgan fingerprint density at radius 3 is 1.24 bits per heavy atom. The molecule has 2 heterocycles. The predicted octanol–water partition coefficient (Wildman–Crippen LogP) is 8.19. The Bertz CT molecular complexity index is 1380. The van der Waals surface area contributed by atoms with Crippen molar-refractivity contribution in [3.8, 4) is 11.4 Å². The third-order valence-corrected chi connectivity index (χ3v) is 6.91. The van der Waals surface area contributed by atoms with Gasteiger partial charge < -0.3 is 16.9 Å². The van der Waals surface area contributed by atoms with E-state index in [-0.39, 0.29) is 48.6 Å². The molecule has 41 heavy (non-hydrogen) atoms. The summed E-state index contributed by atoms with van der Waals surface area (Å²) in [6.45, 7) is 1.88. The van der Waals surface area contributed by atoms with Gasteiger partial charge in [-0.25, -0.2) is 9.36 Å². The summed E-state index contributed by atoms with van der Waals surface area (Å²) >= 11 is 26.8. The minimum atomic E-state index is -4.53. The largest absolute Gasteiger partial charge is 0.416 e. The van der Waals surface area contributed by atoms with Gasteiger partial charge in [0.25, 0.3) is 0 Å². The Morgan fingerprint density at radius 1 is 0.683 bits per heavy atom. The maximum absolute atomic E-state index is 12.7. The fourth-order valence-electron chi connectivity index (χ4n) is 3.35. The molecule has 0 fully saturated rings. The third kappa shape index (κ3) is 7.93. The first-order valence-electron chi connectivity index (χ1n) is 10.9. The number of alkyl halides is 7. The van der Waals surface area contributed by atoms with Crippen LogP contribution in [-0.2, 0) is 24.1 Å². The monoisotopic (exact) mass is 728 g/mol. The van der Waals surface area contributed by atoms with Crippen LogP contribution < -0.4 is 11.5 Å². The van der Waals surface area contributed by atoms with Crippen molar-refractivity contribution in [2.75, 3.05) is 11.5 Å². The van der Waals surface area contributed by atoms with Gasteiger partial charge in [0.15, 0.2) is 0 Å². The zero-order valence-electron chi connectivity index (χ0n) is 20.5. The first-order chi connectivity index (χ1) is 18.5. The number of nitrogens with zero attached hydrogens (tertiary/aromatic N) is 4. The second-order valence-electron chi connectivity index (χ2n) is 8.00. The highest BCUT2D eigenvalue weighted by molar-refractivity contribution is 9.08. The van der Waals surface area contributed by atoms with Crippen molar-refractivity contribution in [2.45, 2.75) is 31.0 Å². The van der Waals surface area contributed by atoms with Crippen LogP contribution in [0.1, 0.15) is 29.4 Å². The van der Waals surface area contributed by atoms with Crippen LogP contribution in [0, 0.1) is 0 Å². The van der Waals surface area contributed by atoms with E-state index >= 15 is 0 Å². The second-order valence-corrected chi connectivity index (χ2v) is 10.2. The second kappa shape index (κ2) is 13.3. The van der Waals surface area contributed by atoms with E-state index in [2.05, 4.69) is 26.1 Å². The number of aromatic nitrogens is 4. The van der Waals surface area contributed by atoms with E-state index in [0.29, 0.717) is 23.1 Å². The summed E-state index contributed by atoms with van der Waals surface area (Å²) in [6.07, 6.45) is -8.41. The van der Waals surface area contributed by atoms with Crippen LogP contribution in [0.3, 0.4) is 0 Å². The topological polar surface area (TPSA) is 119 Å². The van der Waals surface area contributed by atoms with Gasteiger partial charge >= 0.3 is 12.4 Å². The number of hydrogen-bond donors (Lipinski definition) is 2. The number of benzene rings is 2. The Balaban J connectivity index is 0.000000280. The van der Waals surface area contributed by atoms with Gasteiger partial charge in [-0.2, -0.15) is 36.5 Å². The first kappa shape index (κ1) is 34.8. The predicted molar refractivity (Wildman–Crippen MR) is 152 cm³/mol. The van der Waals surface area contributed by atoms with E-state index < -0.39 is 23.5 Å². The van der Waals surface area contributed by atoms with E-state index in [0.717, 1.165) is 24.3 Å². The average molecular weight is 731 g/mol. The van der Waals surface area contributed by atoms with E-state index in [1.54, 1.807) is 12.1 Å². The third-order valence-electron chi connectivity index (χ3n) is 5.19. The number of hydrogen-bond acceptors (Lipinski definition) is 4. The molecular weight excluding hydrogens is 712 g/mol. The van der Waals surface area contributed by atoms with Crippen molar-refractivity contribution < 1.29 is 31.8 Å². The molecule has 18 heteroatoms. The van der Waals surface area contributed by atoms with Gasteiger partial charge in [0.2, 0.25) is 0 Å². The lowest BCUT2D eigenvalue weighted by Gasteiger charge is -2.13. The van der Waals surface area contributed by atoms with Crippen molar-refractivity contribution >= 4 is 74.0 Å². The van der Waals surface area contributed by atoms with E-state index in [1.807, 2.05) is 6.92 Å². The summed E-state index contributed by atoms with van der Waals surface area (Å²) in [4.78, 5) is 0. The summed E-state index contributed by atoms with van der Waals surface area (Å²) in [5.41, 5.74) is 11.2. The molecule has 0 aliphatic rings. The molecular formula is C23H19BrCl4F6N6O. The highest BCUT2D eigenvalue weighted by Crippen LogP contribution is 2.39. The molecule has 6 N–H and O–H groups in total. The zero-order chi connectivity index (χ0) is 30.2. The van der Waals surface area contributed by atoms with Gasteiger partial charge in [-0.15, -0.1) is 0 Å². The molecule has 0 amide bonds. The smallest absolute Gasteiger partial charge is 0.412 e. The van der Waals surface area contributed by atoms with Gasteiger partial charge in [0.05, 0.1) is 42.6 Å². The molecule has 0 radical (unpaired) electrons. The molecule has 0 atom stereocenters. The molecule has 0 aliphatic carbocycles. The number of anilines is 2. The van der Waals surface area contributed by atoms with Crippen molar-refractivity contribution in [1.82, 2.24) is 19.6 Å². The Labute approximate surface area is 257 Å². The SMILES string of the molecule is CCc1cc(N)n(-c2c(Cl)cc(C(F)(F)F)cc2Cl)n1.Nc1cc(CBr)nn1-c1c(Cl)cc(C(F)(F)F)cc1Cl.O. The minimum Gasteiger partial charge on any atom is -0.412 e. The molecule has 0 spiro atoms. The normalized spacial score (nSPS) is 11.6. The van der Waals surface area contributed by atoms with Crippen LogP contribution in [0.15, 0.2) is 36.4 Å². The van der Waals surface area contributed by atoms with E-state index in [1.165, 1.54) is 9.36 Å². The average Bonchev–Trinajstić information content (AvgIpc) is 3.39. The number of nitrogen functional groups attached to an aromatic ring is 2. The quantitative estimate of drug-likeness (QED) is 0.163. The molecule has 224 valence electrons. The fraction of sp³-hybridized carbons (Fsp3) is 0.217. The molecule has 0 unspecified atom stereocenters. The van der Waals surface area contributed by atoms with Crippen molar-refractivity contribution in [3.63, 3.8) is 0 Å². The highest BCUT2D eigenvalue weighted by atomic mass is 79.9. The number of nitrogens with two attached hydrogens (primary N) is 2. The van der Waals surface area contributed by atoms with Gasteiger partial charge in [-0.05, 0) is 30.7 Å². The molecule has 4 aromatic rings. The highest BCUT2D eigenvalue weighted by Gasteiger charge is 2.33. The molecule has 0 saturated carbocycles. The molecule has 0 aliphatic heterocycles. The van der Waals surface area contributed by atoms with Gasteiger partial charge in [0.1, 0.15) is 23.0 Å². The van der Waals surface area contributed by atoms with Crippen LogP contribution in [-0.4, -0.2) is 25.0 Å². The Morgan fingerprint density at radius 2 is 1.00 bits per heavy atom. The standard InChI is InChI=1S/C12H10Cl2F3N3.C11H7BrCl2F3N3.H2O/c1-2-7-5-10(18)20(19-7)11-8(13)3-6(4-9(11)14)12(15,16)17;12-4-6-3-9(18)20(19-6)10-7(13)1-5(2-8(10)14)11(15,16)17;/h3-5H,2,18H2,1H3;1-3H,4,18H2;1H2. The van der Waals surface area contributed by atoms with Crippen LogP contribution in [0.2, 0.25) is 20.1 Å². The zero-order valence-corrected chi connectivity index (χ0v) is 25.1. The molecule has 4 rings (SSSR count). The van der Waals surface area contributed by atoms with Crippen LogP contribution >= 0.6 is 62.3 Å². The summed E-state index contributed by atoms with van der Waals surface area (Å²) in [5, 5.41) is 8.02. The lowest BCUT2D eigenvalue weighted by molar-refractivity contribution is -0.138. The lowest BCUT2D eigenvalue weighted by atomic mass is 10.2. The van der Waals surface area contributed by atoms with E-state index in [4.69, 9.17) is 57.9 Å². The van der Waals surface area contributed by atoms with Gasteiger partial charge in [-0.1, -0.05) is 69.3 Å². The van der Waals surface area contributed by atoms with Crippen LogP contribution in [0.25, 0.3) is 11.4 Å². The summed E-state index contributed by atoms with van der Waals surface area (Å²) in [7, 11) is 0. The van der Waals surface area contributed by atoms with Crippen LogP contribution in [0.4, 0.5) is 38.0 Å². The summed E-state index contributed by atoms with van der Waals surface area (Å²) < 4.78 is 78.4. The van der Waals surface area contributed by atoms with Crippen LogP contribution in [0.5, 0.6) is 0 Å². The molecule has 2 aromatic heterocycles. The van der Waals surface area contributed by atoms with E-state index in [9.17, 15) is 26.3 Å². The molecule has 7 nitrogen and oxygen atoms in total.